The van der Waals surface area contributed by atoms with Gasteiger partial charge in [0.25, 0.3) is 0 Å². The first-order valence-corrected chi connectivity index (χ1v) is 33.0. The largest absolute Gasteiger partial charge is 0.472 e. The first-order valence-electron chi connectivity index (χ1n) is 31.5. The number of hydrogen-bond donors (Lipinski definition) is 1. The van der Waals surface area contributed by atoms with Crippen LogP contribution in [0.1, 0.15) is 264 Å². The SMILES string of the molecule is CC/C=C\C/C=C\C/C=C\C/C=C\C/C=C\C/C=C\C/C=C\C/C=C\CCCCCCCCC(=O)OC(COC(=O)CCCCCCCCCCCCCCCCCCCCCCCC)COP(=O)(O)OCC[N+](C)(C)C. The third-order valence-corrected chi connectivity index (χ3v) is 14.4. The molecule has 0 spiro atoms. The van der Waals surface area contributed by atoms with Crippen molar-refractivity contribution in [1.82, 2.24) is 0 Å². The van der Waals surface area contributed by atoms with Crippen molar-refractivity contribution in [3.63, 3.8) is 0 Å². The van der Waals surface area contributed by atoms with E-state index >= 15 is 0 Å². The van der Waals surface area contributed by atoms with Crippen molar-refractivity contribution in [2.75, 3.05) is 47.5 Å². The van der Waals surface area contributed by atoms with E-state index in [4.69, 9.17) is 18.5 Å². The molecular formula is C67H119NO8P+. The summed E-state index contributed by atoms with van der Waals surface area (Å²) in [6.07, 6.45) is 79.1. The van der Waals surface area contributed by atoms with Crippen LogP contribution in [0.25, 0.3) is 0 Å². The molecule has 1 N–H and O–H groups in total. The van der Waals surface area contributed by atoms with E-state index in [2.05, 4.69) is 111 Å². The van der Waals surface area contributed by atoms with Gasteiger partial charge in [-0.25, -0.2) is 4.57 Å². The lowest BCUT2D eigenvalue weighted by atomic mass is 10.0. The average Bonchev–Trinajstić information content (AvgIpc) is 3.39. The molecule has 2 atom stereocenters. The molecule has 0 amide bonds. The lowest BCUT2D eigenvalue weighted by Gasteiger charge is -2.24. The van der Waals surface area contributed by atoms with Crippen LogP contribution in [0.3, 0.4) is 0 Å². The number of phosphoric ester groups is 1. The van der Waals surface area contributed by atoms with Crippen LogP contribution in [-0.2, 0) is 32.7 Å². The molecule has 444 valence electrons. The number of carbonyl (C=O) groups excluding carboxylic acids is 2. The van der Waals surface area contributed by atoms with E-state index in [1.807, 2.05) is 21.1 Å². The fourth-order valence-corrected chi connectivity index (χ4v) is 9.30. The fourth-order valence-electron chi connectivity index (χ4n) is 8.56. The van der Waals surface area contributed by atoms with Crippen LogP contribution in [0.2, 0.25) is 0 Å². The van der Waals surface area contributed by atoms with Crippen molar-refractivity contribution in [2.24, 2.45) is 0 Å². The molecule has 0 aliphatic carbocycles. The maximum absolute atomic E-state index is 12.8. The van der Waals surface area contributed by atoms with Crippen molar-refractivity contribution in [2.45, 2.75) is 270 Å². The van der Waals surface area contributed by atoms with Crippen LogP contribution in [-0.4, -0.2) is 74.9 Å². The van der Waals surface area contributed by atoms with E-state index in [9.17, 15) is 19.0 Å². The van der Waals surface area contributed by atoms with Gasteiger partial charge in [0, 0.05) is 12.8 Å². The highest BCUT2D eigenvalue weighted by atomic mass is 31.2. The molecule has 0 bridgehead atoms. The number of unbranched alkanes of at least 4 members (excludes halogenated alkanes) is 27. The van der Waals surface area contributed by atoms with E-state index in [-0.39, 0.29) is 32.0 Å². The number of rotatable bonds is 57. The summed E-state index contributed by atoms with van der Waals surface area (Å²) in [5, 5.41) is 0. The normalized spacial score (nSPS) is 13.9. The average molecular weight is 1100 g/mol. The molecule has 0 radical (unpaired) electrons. The number of esters is 2. The van der Waals surface area contributed by atoms with Crippen molar-refractivity contribution in [3.05, 3.63) is 97.2 Å². The Kier molecular flexibility index (Phi) is 55.3. The second-order valence-electron chi connectivity index (χ2n) is 22.1. The summed E-state index contributed by atoms with van der Waals surface area (Å²) in [6, 6.07) is 0. The summed E-state index contributed by atoms with van der Waals surface area (Å²) in [4.78, 5) is 35.8. The Morgan fingerprint density at radius 3 is 1.10 bits per heavy atom. The minimum Gasteiger partial charge on any atom is -0.462 e. The number of ether oxygens (including phenoxy) is 2. The molecular weight excluding hydrogens is 978 g/mol. The lowest BCUT2D eigenvalue weighted by Crippen LogP contribution is -2.37. The molecule has 77 heavy (non-hydrogen) atoms. The van der Waals surface area contributed by atoms with Crippen LogP contribution >= 0.6 is 7.82 Å². The molecule has 0 aliphatic rings. The third-order valence-electron chi connectivity index (χ3n) is 13.4. The molecule has 0 saturated carbocycles. The lowest BCUT2D eigenvalue weighted by molar-refractivity contribution is -0.870. The van der Waals surface area contributed by atoms with Crippen LogP contribution in [0.15, 0.2) is 97.2 Å². The second-order valence-corrected chi connectivity index (χ2v) is 23.5. The second kappa shape index (κ2) is 57.6. The van der Waals surface area contributed by atoms with Crippen LogP contribution < -0.4 is 0 Å². The summed E-state index contributed by atoms with van der Waals surface area (Å²) in [5.74, 6) is -0.810. The smallest absolute Gasteiger partial charge is 0.462 e. The van der Waals surface area contributed by atoms with E-state index in [0.29, 0.717) is 17.4 Å². The van der Waals surface area contributed by atoms with Gasteiger partial charge in [-0.3, -0.25) is 18.6 Å². The summed E-state index contributed by atoms with van der Waals surface area (Å²) >= 11 is 0. The van der Waals surface area contributed by atoms with Gasteiger partial charge in [0.1, 0.15) is 19.8 Å². The van der Waals surface area contributed by atoms with Gasteiger partial charge >= 0.3 is 19.8 Å². The molecule has 0 saturated heterocycles. The van der Waals surface area contributed by atoms with Gasteiger partial charge in [0.2, 0.25) is 0 Å². The first kappa shape index (κ1) is 73.9. The minimum atomic E-state index is -4.40. The van der Waals surface area contributed by atoms with E-state index in [1.165, 1.54) is 122 Å². The van der Waals surface area contributed by atoms with E-state index < -0.39 is 26.5 Å². The fraction of sp³-hybridized carbons (Fsp3) is 0.731. The zero-order chi connectivity index (χ0) is 56.3. The summed E-state index contributed by atoms with van der Waals surface area (Å²) in [5.41, 5.74) is 0. The van der Waals surface area contributed by atoms with Crippen molar-refractivity contribution in [1.29, 1.82) is 0 Å². The molecule has 9 nitrogen and oxygen atoms in total. The maximum atomic E-state index is 12.8. The molecule has 2 unspecified atom stereocenters. The Labute approximate surface area is 474 Å². The Morgan fingerprint density at radius 1 is 0.416 bits per heavy atom. The van der Waals surface area contributed by atoms with Gasteiger partial charge < -0.3 is 18.9 Å². The summed E-state index contributed by atoms with van der Waals surface area (Å²) < 4.78 is 34.6. The zero-order valence-electron chi connectivity index (χ0n) is 50.4. The number of carbonyl (C=O) groups is 2. The number of likely N-dealkylation sites (N-methyl/N-ethyl adjacent to an activating group) is 1. The highest BCUT2D eigenvalue weighted by Gasteiger charge is 2.27. The molecule has 0 aromatic carbocycles. The van der Waals surface area contributed by atoms with Gasteiger partial charge in [-0.15, -0.1) is 0 Å². The highest BCUT2D eigenvalue weighted by molar-refractivity contribution is 7.47. The number of allylic oxidation sites excluding steroid dienone is 16. The molecule has 0 rings (SSSR count). The number of hydrogen-bond acceptors (Lipinski definition) is 7. The number of nitrogens with zero attached hydrogens (tertiary/aromatic N) is 1. The predicted molar refractivity (Wildman–Crippen MR) is 330 cm³/mol. The first-order chi connectivity index (χ1) is 37.5. The third kappa shape index (κ3) is 62.0. The Hall–Kier alpha value is -3.07. The molecule has 0 fully saturated rings. The van der Waals surface area contributed by atoms with Gasteiger partial charge in [-0.05, 0) is 77.0 Å². The van der Waals surface area contributed by atoms with Crippen molar-refractivity contribution < 1.29 is 42.1 Å². The molecule has 0 aliphatic heterocycles. The quantitative estimate of drug-likeness (QED) is 0.0211. The van der Waals surface area contributed by atoms with Gasteiger partial charge in [-0.1, -0.05) is 272 Å². The topological polar surface area (TPSA) is 108 Å². The number of quaternary nitrogens is 1. The van der Waals surface area contributed by atoms with Crippen molar-refractivity contribution >= 4 is 19.8 Å². The molecule has 10 heteroatoms. The Bertz CT molecular complexity index is 1620. The summed E-state index contributed by atoms with van der Waals surface area (Å²) in [7, 11) is 1.46. The molecule has 0 aromatic rings. The number of phosphoric acid groups is 1. The van der Waals surface area contributed by atoms with Crippen molar-refractivity contribution in [3.8, 4) is 0 Å². The van der Waals surface area contributed by atoms with Gasteiger partial charge in [0.05, 0.1) is 27.7 Å². The maximum Gasteiger partial charge on any atom is 0.472 e. The van der Waals surface area contributed by atoms with E-state index in [1.54, 1.807) is 0 Å². The van der Waals surface area contributed by atoms with Gasteiger partial charge in [-0.2, -0.15) is 0 Å². The molecule has 0 aromatic heterocycles. The zero-order valence-corrected chi connectivity index (χ0v) is 51.3. The van der Waals surface area contributed by atoms with Crippen LogP contribution in [0, 0.1) is 0 Å². The monoisotopic (exact) mass is 1100 g/mol. The highest BCUT2D eigenvalue weighted by Crippen LogP contribution is 2.43. The predicted octanol–water partition coefficient (Wildman–Crippen LogP) is 20.0. The minimum absolute atomic E-state index is 0.0252. The standard InChI is InChI=1S/C67H118NO8P/c1-6-8-10-12-14-16-18-20-22-24-26-28-30-31-32-33-34-35-36-37-38-40-42-44-46-48-50-52-54-56-58-60-67(70)76-65(64-75-77(71,72)74-62-61-68(3,4)5)63-73-66(69)59-57-55-53-51-49-47-45-43-41-39-29-27-25-23-21-19-17-15-13-11-9-7-2/h8,10,14,16,20,22,26,28,31-32,34-35,37-38,42,44,65H,6-7,9,11-13,15,17-19,21,23-25,27,29-30,33,36,39-41,43,45-64H2,1-5H3/p+1/b10-8-,16-14-,22-20-,28-26-,32-31-,35-34-,38-37-,44-42-. The summed E-state index contributed by atoms with van der Waals surface area (Å²) in [6.45, 7) is 4.32. The Balaban J connectivity index is 4.18. The van der Waals surface area contributed by atoms with Crippen LogP contribution in [0.4, 0.5) is 0 Å². The molecule has 0 heterocycles. The Morgan fingerprint density at radius 2 is 0.740 bits per heavy atom. The van der Waals surface area contributed by atoms with Crippen LogP contribution in [0.5, 0.6) is 0 Å². The van der Waals surface area contributed by atoms with Gasteiger partial charge in [0.15, 0.2) is 6.10 Å². The van der Waals surface area contributed by atoms with E-state index in [0.717, 1.165) is 109 Å².